The van der Waals surface area contributed by atoms with Crippen LogP contribution >= 0.6 is 11.8 Å². The lowest BCUT2D eigenvalue weighted by molar-refractivity contribution is 0.410. The fourth-order valence-electron chi connectivity index (χ4n) is 2.29. The molecule has 0 spiro atoms. The molecule has 0 saturated heterocycles. The van der Waals surface area contributed by atoms with E-state index >= 15 is 0 Å². The highest BCUT2D eigenvalue weighted by atomic mass is 32.2. The van der Waals surface area contributed by atoms with Crippen molar-refractivity contribution in [1.29, 1.82) is 0 Å². The second-order valence-electron chi connectivity index (χ2n) is 5.94. The molecule has 0 saturated carbocycles. The summed E-state index contributed by atoms with van der Waals surface area (Å²) in [5.74, 6) is 0.383. The van der Waals surface area contributed by atoms with E-state index in [2.05, 4.69) is 4.99 Å². The molecule has 1 aromatic heterocycles. The number of rotatable bonds is 4. The smallest absolute Gasteiger partial charge is 0.333 e. The van der Waals surface area contributed by atoms with Gasteiger partial charge in [-0.05, 0) is 49.3 Å². The molecule has 25 heavy (non-hydrogen) atoms. The van der Waals surface area contributed by atoms with Crippen LogP contribution < -0.4 is 11.2 Å². The monoisotopic (exact) mass is 361 g/mol. The Morgan fingerprint density at radius 1 is 1.16 bits per heavy atom. The predicted octanol–water partition coefficient (Wildman–Crippen LogP) is 2.63. The van der Waals surface area contributed by atoms with Crippen molar-refractivity contribution < 1.29 is 5.11 Å². The summed E-state index contributed by atoms with van der Waals surface area (Å²) in [6, 6.07) is 5.78. The molecule has 0 unspecified atom stereocenters. The van der Waals surface area contributed by atoms with Crippen molar-refractivity contribution >= 4 is 22.5 Å². The van der Waals surface area contributed by atoms with Crippen molar-refractivity contribution in [2.24, 2.45) is 19.1 Å². The van der Waals surface area contributed by atoms with Gasteiger partial charge in [0.05, 0.1) is 5.69 Å². The molecule has 1 aromatic carbocycles. The highest BCUT2D eigenvalue weighted by Gasteiger charge is 2.20. The van der Waals surface area contributed by atoms with Crippen LogP contribution in [0.15, 0.2) is 32.8 Å². The second-order valence-corrected chi connectivity index (χ2v) is 7.02. The molecule has 0 amide bonds. The molecular formula is C18H23N3O3S. The molecule has 134 valence electrons. The van der Waals surface area contributed by atoms with Crippen molar-refractivity contribution in [3.63, 3.8) is 0 Å². The predicted molar refractivity (Wildman–Crippen MR) is 103 cm³/mol. The minimum Gasteiger partial charge on any atom is -0.494 e. The molecule has 0 bridgehead atoms. The maximum Gasteiger partial charge on any atom is 0.333 e. The van der Waals surface area contributed by atoms with Crippen molar-refractivity contribution in [1.82, 2.24) is 9.13 Å². The quantitative estimate of drug-likeness (QED) is 0.671. The number of nitrogens with zero attached hydrogens (tertiary/aromatic N) is 3. The molecule has 0 aliphatic rings. The zero-order chi connectivity index (χ0) is 18.7. The van der Waals surface area contributed by atoms with Crippen molar-refractivity contribution in [3.8, 4) is 5.88 Å². The topological polar surface area (TPSA) is 76.6 Å². The molecule has 1 N–H and O–H groups in total. The number of benzene rings is 1. The summed E-state index contributed by atoms with van der Waals surface area (Å²) in [4.78, 5) is 29.1. The van der Waals surface area contributed by atoms with Gasteiger partial charge in [-0.3, -0.25) is 13.9 Å². The number of aromatic hydroxyl groups is 1. The second kappa shape index (κ2) is 7.74. The SMILES string of the molecule is CCCSC(=Nc1ccc(C)c(C)c1)c1c(O)n(C)c(=O)n(C)c1=O. The maximum atomic E-state index is 12.6. The van der Waals surface area contributed by atoms with E-state index < -0.39 is 11.2 Å². The first-order valence-corrected chi connectivity index (χ1v) is 9.04. The Balaban J connectivity index is 2.71. The number of hydrogen-bond donors (Lipinski definition) is 1. The Labute approximate surface area is 150 Å². The number of thioether (sulfide) groups is 1. The van der Waals surface area contributed by atoms with Crippen LogP contribution in [0.25, 0.3) is 0 Å². The highest BCUT2D eigenvalue weighted by molar-refractivity contribution is 8.14. The Kier molecular flexibility index (Phi) is 5.89. The molecule has 2 rings (SSSR count). The van der Waals surface area contributed by atoms with E-state index in [-0.39, 0.29) is 11.4 Å². The Bertz CT molecular complexity index is 942. The van der Waals surface area contributed by atoms with Crippen molar-refractivity contribution in [3.05, 3.63) is 55.7 Å². The summed E-state index contributed by atoms with van der Waals surface area (Å²) >= 11 is 1.39. The summed E-state index contributed by atoms with van der Waals surface area (Å²) in [7, 11) is 2.82. The molecule has 6 nitrogen and oxygen atoms in total. The van der Waals surface area contributed by atoms with Crippen LogP contribution in [0.1, 0.15) is 30.0 Å². The van der Waals surface area contributed by atoms with Gasteiger partial charge in [0.15, 0.2) is 0 Å². The minimum atomic E-state index is -0.572. The highest BCUT2D eigenvalue weighted by Crippen LogP contribution is 2.24. The van der Waals surface area contributed by atoms with E-state index in [1.54, 1.807) is 0 Å². The molecule has 2 aromatic rings. The normalized spacial score (nSPS) is 11.8. The van der Waals surface area contributed by atoms with Crippen molar-refractivity contribution in [2.75, 3.05) is 5.75 Å². The van der Waals surface area contributed by atoms with E-state index in [0.717, 1.165) is 32.4 Å². The first kappa shape index (κ1) is 19.1. The van der Waals surface area contributed by atoms with Gasteiger partial charge in [0.1, 0.15) is 10.6 Å². The number of aryl methyl sites for hydroxylation is 2. The molecule has 0 aliphatic heterocycles. The number of aromatic nitrogens is 2. The molecule has 0 fully saturated rings. The Morgan fingerprint density at radius 2 is 1.84 bits per heavy atom. The summed E-state index contributed by atoms with van der Waals surface area (Å²) < 4.78 is 2.04. The summed E-state index contributed by atoms with van der Waals surface area (Å²) in [5, 5.41) is 10.8. The van der Waals surface area contributed by atoms with Crippen LogP contribution in [0.4, 0.5) is 5.69 Å². The summed E-state index contributed by atoms with van der Waals surface area (Å²) in [6.07, 6.45) is 0.892. The van der Waals surface area contributed by atoms with E-state index in [0.29, 0.717) is 10.7 Å². The fourth-order valence-corrected chi connectivity index (χ4v) is 3.18. The van der Waals surface area contributed by atoms with Gasteiger partial charge < -0.3 is 5.11 Å². The van der Waals surface area contributed by atoms with Crippen molar-refractivity contribution in [2.45, 2.75) is 27.2 Å². The van der Waals surface area contributed by atoms with Crippen LogP contribution in [0, 0.1) is 13.8 Å². The third-order valence-electron chi connectivity index (χ3n) is 4.01. The number of aliphatic imine (C=N–C) groups is 1. The summed E-state index contributed by atoms with van der Waals surface area (Å²) in [5.41, 5.74) is 1.89. The standard InChI is InChI=1S/C18H23N3O3S/c1-6-9-25-15(19-13-8-7-11(2)12(3)10-13)14-16(22)20(4)18(24)21(5)17(14)23/h7-8,10,22H,6,9H2,1-5H3. The largest absolute Gasteiger partial charge is 0.494 e. The lowest BCUT2D eigenvalue weighted by atomic mass is 10.1. The van der Waals surface area contributed by atoms with Gasteiger partial charge in [-0.25, -0.2) is 9.79 Å². The molecule has 7 heteroatoms. The van der Waals surface area contributed by atoms with Gasteiger partial charge in [-0.1, -0.05) is 13.0 Å². The lowest BCUT2D eigenvalue weighted by Gasteiger charge is -2.12. The van der Waals surface area contributed by atoms with Crippen LogP contribution in [-0.4, -0.2) is 25.0 Å². The van der Waals surface area contributed by atoms with Gasteiger partial charge in [-0.2, -0.15) is 0 Å². The first-order valence-electron chi connectivity index (χ1n) is 8.06. The fraction of sp³-hybridized carbons (Fsp3) is 0.389. The van der Waals surface area contributed by atoms with Crippen LogP contribution in [0.3, 0.4) is 0 Å². The molecule has 0 aliphatic carbocycles. The van der Waals surface area contributed by atoms with E-state index in [4.69, 9.17) is 0 Å². The average molecular weight is 361 g/mol. The molecule has 0 atom stereocenters. The lowest BCUT2D eigenvalue weighted by Crippen LogP contribution is -2.39. The third-order valence-corrected chi connectivity index (χ3v) is 5.19. The first-order chi connectivity index (χ1) is 11.8. The van der Waals surface area contributed by atoms with Gasteiger partial charge in [0, 0.05) is 14.1 Å². The zero-order valence-corrected chi connectivity index (χ0v) is 16.0. The summed E-state index contributed by atoms with van der Waals surface area (Å²) in [6.45, 7) is 6.04. The van der Waals surface area contributed by atoms with E-state index in [9.17, 15) is 14.7 Å². The van der Waals surface area contributed by atoms with E-state index in [1.165, 1.54) is 25.9 Å². The molecule has 1 heterocycles. The average Bonchev–Trinajstić information content (AvgIpc) is 2.59. The maximum absolute atomic E-state index is 12.6. The zero-order valence-electron chi connectivity index (χ0n) is 15.2. The van der Waals surface area contributed by atoms with Gasteiger partial charge in [0.25, 0.3) is 5.56 Å². The molecular weight excluding hydrogens is 338 g/mol. The molecule has 0 radical (unpaired) electrons. The number of hydrogen-bond acceptors (Lipinski definition) is 5. The third kappa shape index (κ3) is 3.87. The Morgan fingerprint density at radius 3 is 2.44 bits per heavy atom. The Hall–Kier alpha value is -2.28. The van der Waals surface area contributed by atoms with Crippen LogP contribution in [-0.2, 0) is 14.1 Å². The van der Waals surface area contributed by atoms with Crippen LogP contribution in [0.2, 0.25) is 0 Å². The van der Waals surface area contributed by atoms with E-state index in [1.807, 2.05) is 39.0 Å². The van der Waals surface area contributed by atoms with Crippen LogP contribution in [0.5, 0.6) is 5.88 Å². The van der Waals surface area contributed by atoms with Gasteiger partial charge in [0.2, 0.25) is 5.88 Å². The van der Waals surface area contributed by atoms with Gasteiger partial charge >= 0.3 is 5.69 Å². The van der Waals surface area contributed by atoms with Gasteiger partial charge in [-0.15, -0.1) is 11.8 Å². The minimum absolute atomic E-state index is 0.0567.